The number of benzene rings is 1. The molecule has 2 aromatic heterocycles. The van der Waals surface area contributed by atoms with E-state index >= 15 is 0 Å². The van der Waals surface area contributed by atoms with E-state index in [2.05, 4.69) is 20.3 Å². The van der Waals surface area contributed by atoms with Gasteiger partial charge in [-0.1, -0.05) is 17.8 Å². The van der Waals surface area contributed by atoms with Crippen LogP contribution < -0.4 is 5.32 Å². The molecular weight excluding hydrogens is 372 g/mol. The first-order valence-electron chi connectivity index (χ1n) is 7.63. The summed E-state index contributed by atoms with van der Waals surface area (Å²) < 4.78 is 6.51. The molecule has 9 heteroatoms. The summed E-state index contributed by atoms with van der Waals surface area (Å²) >= 11 is 2.90. The Kier molecular flexibility index (Phi) is 5.69. The number of nitrogens with one attached hydrogen (secondary N) is 1. The van der Waals surface area contributed by atoms with E-state index in [-0.39, 0.29) is 11.7 Å². The second kappa shape index (κ2) is 8.15. The van der Waals surface area contributed by atoms with Crippen molar-refractivity contribution in [2.45, 2.75) is 5.16 Å². The largest absolute Gasteiger partial charge is 0.465 e. The van der Waals surface area contributed by atoms with Gasteiger partial charge in [0.25, 0.3) is 0 Å². The van der Waals surface area contributed by atoms with Crippen molar-refractivity contribution < 1.29 is 14.3 Å². The first-order valence-corrected chi connectivity index (χ1v) is 9.49. The molecule has 0 radical (unpaired) electrons. The van der Waals surface area contributed by atoms with Crippen LogP contribution in [0.15, 0.2) is 46.9 Å². The van der Waals surface area contributed by atoms with Crippen LogP contribution in [0.5, 0.6) is 0 Å². The number of hydrogen-bond donors (Lipinski definition) is 1. The average Bonchev–Trinajstić information content (AvgIpc) is 3.29. The Hall–Kier alpha value is -2.65. The number of ether oxygens (including phenoxy) is 1. The maximum absolute atomic E-state index is 12.1. The van der Waals surface area contributed by atoms with E-state index in [0.29, 0.717) is 16.4 Å². The van der Waals surface area contributed by atoms with Gasteiger partial charge in [-0.15, -0.1) is 21.5 Å². The number of nitrogens with zero attached hydrogens (tertiary/aromatic N) is 3. The zero-order valence-electron chi connectivity index (χ0n) is 14.1. The molecule has 0 aliphatic carbocycles. The van der Waals surface area contributed by atoms with Gasteiger partial charge in [-0.25, -0.2) is 4.79 Å². The molecule has 0 saturated heterocycles. The first-order chi connectivity index (χ1) is 12.6. The molecule has 0 fully saturated rings. The Morgan fingerprint density at radius 2 is 2.00 bits per heavy atom. The Morgan fingerprint density at radius 3 is 2.65 bits per heavy atom. The summed E-state index contributed by atoms with van der Waals surface area (Å²) in [5, 5.41) is 13.8. The molecule has 0 atom stereocenters. The molecule has 0 saturated carbocycles. The lowest BCUT2D eigenvalue weighted by Crippen LogP contribution is -2.14. The lowest BCUT2D eigenvalue weighted by molar-refractivity contribution is -0.113. The monoisotopic (exact) mass is 388 g/mol. The van der Waals surface area contributed by atoms with Gasteiger partial charge >= 0.3 is 5.97 Å². The Balaban J connectivity index is 1.57. The Labute approximate surface area is 158 Å². The number of aromatic nitrogens is 3. The SMILES string of the molecule is COC(=O)c1ccc(NC(=O)CSc2nnc(-c3cccs3)n2C)cc1. The number of thiophene rings is 1. The molecule has 134 valence electrons. The minimum absolute atomic E-state index is 0.165. The third-order valence-electron chi connectivity index (χ3n) is 3.50. The molecule has 2 heterocycles. The Bertz CT molecular complexity index is 905. The number of carbonyl (C=O) groups excluding carboxylic acids is 2. The van der Waals surface area contributed by atoms with Gasteiger partial charge in [-0.05, 0) is 35.7 Å². The van der Waals surface area contributed by atoms with Crippen molar-refractivity contribution in [3.63, 3.8) is 0 Å². The topological polar surface area (TPSA) is 86.1 Å². The van der Waals surface area contributed by atoms with Gasteiger partial charge < -0.3 is 14.6 Å². The van der Waals surface area contributed by atoms with E-state index in [1.165, 1.54) is 18.9 Å². The average molecular weight is 388 g/mol. The normalized spacial score (nSPS) is 10.5. The summed E-state index contributed by atoms with van der Waals surface area (Å²) in [6.07, 6.45) is 0. The molecule has 1 aromatic carbocycles. The van der Waals surface area contributed by atoms with Crippen LogP contribution in [0.2, 0.25) is 0 Å². The van der Waals surface area contributed by atoms with Crippen LogP contribution in [0, 0.1) is 0 Å². The molecule has 0 spiro atoms. The number of anilines is 1. The van der Waals surface area contributed by atoms with Gasteiger partial charge in [-0.2, -0.15) is 0 Å². The zero-order valence-corrected chi connectivity index (χ0v) is 15.8. The van der Waals surface area contributed by atoms with Crippen LogP contribution in [-0.2, 0) is 16.6 Å². The maximum Gasteiger partial charge on any atom is 0.337 e. The van der Waals surface area contributed by atoms with E-state index in [9.17, 15) is 9.59 Å². The number of esters is 1. The number of thioether (sulfide) groups is 1. The van der Waals surface area contributed by atoms with Gasteiger partial charge in [0.1, 0.15) is 0 Å². The predicted molar refractivity (Wildman–Crippen MR) is 101 cm³/mol. The highest BCUT2D eigenvalue weighted by Gasteiger charge is 2.13. The molecule has 1 N–H and O–H groups in total. The fraction of sp³-hybridized carbons (Fsp3) is 0.176. The fourth-order valence-corrected chi connectivity index (χ4v) is 3.65. The number of hydrogen-bond acceptors (Lipinski definition) is 7. The number of rotatable bonds is 6. The van der Waals surface area contributed by atoms with Crippen molar-refractivity contribution in [1.82, 2.24) is 14.8 Å². The van der Waals surface area contributed by atoms with Crippen molar-refractivity contribution in [1.29, 1.82) is 0 Å². The van der Waals surface area contributed by atoms with Crippen LogP contribution in [-0.4, -0.2) is 39.5 Å². The Morgan fingerprint density at radius 1 is 1.23 bits per heavy atom. The van der Waals surface area contributed by atoms with E-state index in [4.69, 9.17) is 0 Å². The number of carbonyl (C=O) groups is 2. The van der Waals surface area contributed by atoms with Crippen molar-refractivity contribution in [3.8, 4) is 10.7 Å². The minimum atomic E-state index is -0.415. The molecule has 0 unspecified atom stereocenters. The molecular formula is C17H16N4O3S2. The van der Waals surface area contributed by atoms with E-state index in [1.807, 2.05) is 29.1 Å². The smallest absolute Gasteiger partial charge is 0.337 e. The van der Waals surface area contributed by atoms with Gasteiger partial charge in [-0.3, -0.25) is 4.79 Å². The van der Waals surface area contributed by atoms with Crippen molar-refractivity contribution in [2.24, 2.45) is 7.05 Å². The van der Waals surface area contributed by atoms with Gasteiger partial charge in [0.05, 0.1) is 23.3 Å². The molecule has 0 aliphatic rings. The van der Waals surface area contributed by atoms with Crippen molar-refractivity contribution in [3.05, 3.63) is 47.3 Å². The maximum atomic E-state index is 12.1. The summed E-state index contributed by atoms with van der Waals surface area (Å²) in [6.45, 7) is 0. The molecule has 3 rings (SSSR count). The summed E-state index contributed by atoms with van der Waals surface area (Å²) in [6, 6.07) is 10.5. The fourth-order valence-electron chi connectivity index (χ4n) is 2.20. The molecule has 7 nitrogen and oxygen atoms in total. The van der Waals surface area contributed by atoms with Gasteiger partial charge in [0, 0.05) is 12.7 Å². The van der Waals surface area contributed by atoms with Crippen LogP contribution in [0.25, 0.3) is 10.7 Å². The first kappa shape index (κ1) is 18.2. The summed E-state index contributed by atoms with van der Waals surface area (Å²) in [5.74, 6) is 0.403. The lowest BCUT2D eigenvalue weighted by Gasteiger charge is -2.06. The standard InChI is InChI=1S/C17H16N4O3S2/c1-21-15(13-4-3-9-25-13)19-20-17(21)26-10-14(22)18-12-7-5-11(6-8-12)16(23)24-2/h3-9H,10H2,1-2H3,(H,18,22). The van der Waals surface area contributed by atoms with E-state index < -0.39 is 5.97 Å². The van der Waals surface area contributed by atoms with Crippen LogP contribution in [0.3, 0.4) is 0 Å². The second-order valence-electron chi connectivity index (χ2n) is 5.25. The highest BCUT2D eigenvalue weighted by molar-refractivity contribution is 7.99. The number of methoxy groups -OCH3 is 1. The third kappa shape index (κ3) is 4.12. The lowest BCUT2D eigenvalue weighted by atomic mass is 10.2. The van der Waals surface area contributed by atoms with Gasteiger partial charge in [0.2, 0.25) is 5.91 Å². The highest BCUT2D eigenvalue weighted by Crippen LogP contribution is 2.26. The highest BCUT2D eigenvalue weighted by atomic mass is 32.2. The molecule has 1 amide bonds. The van der Waals surface area contributed by atoms with Gasteiger partial charge in [0.15, 0.2) is 11.0 Å². The summed E-state index contributed by atoms with van der Waals surface area (Å²) in [7, 11) is 3.20. The molecule has 3 aromatic rings. The third-order valence-corrected chi connectivity index (χ3v) is 5.38. The van der Waals surface area contributed by atoms with E-state index in [0.717, 1.165) is 10.7 Å². The second-order valence-corrected chi connectivity index (χ2v) is 7.14. The summed E-state index contributed by atoms with van der Waals surface area (Å²) in [4.78, 5) is 24.6. The van der Waals surface area contributed by atoms with Crippen LogP contribution >= 0.6 is 23.1 Å². The quantitative estimate of drug-likeness (QED) is 0.516. The van der Waals surface area contributed by atoms with Crippen LogP contribution in [0.1, 0.15) is 10.4 Å². The molecule has 26 heavy (non-hydrogen) atoms. The minimum Gasteiger partial charge on any atom is -0.465 e. The van der Waals surface area contributed by atoms with E-state index in [1.54, 1.807) is 35.6 Å². The predicted octanol–water partition coefficient (Wildman–Crippen LogP) is 3.06. The molecule has 0 aliphatic heterocycles. The van der Waals surface area contributed by atoms with Crippen molar-refractivity contribution >= 4 is 40.7 Å². The number of amides is 1. The summed E-state index contributed by atoms with van der Waals surface area (Å²) in [5.41, 5.74) is 1.04. The zero-order chi connectivity index (χ0) is 18.5. The van der Waals surface area contributed by atoms with Crippen LogP contribution in [0.4, 0.5) is 5.69 Å². The molecule has 0 bridgehead atoms. The van der Waals surface area contributed by atoms with Crippen molar-refractivity contribution in [2.75, 3.05) is 18.2 Å².